The van der Waals surface area contributed by atoms with Crippen LogP contribution in [0.25, 0.3) is 0 Å². The quantitative estimate of drug-likeness (QED) is 0.820. The van der Waals surface area contributed by atoms with Gasteiger partial charge in [-0.05, 0) is 48.0 Å². The lowest BCUT2D eigenvalue weighted by molar-refractivity contribution is -0.138. The fourth-order valence-corrected chi connectivity index (χ4v) is 3.29. The van der Waals surface area contributed by atoms with Crippen molar-refractivity contribution in [1.29, 1.82) is 0 Å². The van der Waals surface area contributed by atoms with Gasteiger partial charge in [0.15, 0.2) is 5.11 Å². The number of carboxylic acids is 1. The molecule has 0 aliphatic carbocycles. The molecule has 0 bridgehead atoms. The molecular weight excluding hydrogens is 373 g/mol. The van der Waals surface area contributed by atoms with Crippen LogP contribution in [0.2, 0.25) is 0 Å². The van der Waals surface area contributed by atoms with Crippen LogP contribution in [0.1, 0.15) is 22.4 Å². The minimum absolute atomic E-state index is 0.279. The Bertz CT molecular complexity index is 839. The molecule has 2 aromatic rings. The average Bonchev–Trinajstić information content (AvgIpc) is 3.02. The molecule has 0 fully saturated rings. The number of hydrogen-bond donors (Lipinski definition) is 1. The molecule has 0 atom stereocenters. The van der Waals surface area contributed by atoms with Crippen molar-refractivity contribution in [3.63, 3.8) is 0 Å². The Morgan fingerprint density at radius 3 is 2.28 bits per heavy atom. The van der Waals surface area contributed by atoms with Crippen LogP contribution in [-0.2, 0) is 17.4 Å². The van der Waals surface area contributed by atoms with Gasteiger partial charge in [-0.15, -0.1) is 0 Å². The lowest BCUT2D eigenvalue weighted by atomic mass is 10.1. The highest BCUT2D eigenvalue weighted by atomic mass is 32.1. The summed E-state index contributed by atoms with van der Waals surface area (Å²) in [5.74, 6) is -1.04. The summed E-state index contributed by atoms with van der Waals surface area (Å²) < 4.78 is 39.4. The molecule has 130 valence electrons. The molecule has 0 saturated heterocycles. The lowest BCUT2D eigenvalue weighted by Gasteiger charge is -2.14. The molecule has 1 aliphatic heterocycles. The molecule has 0 spiro atoms. The molecule has 1 aromatic carbocycles. The SMILES string of the molecule is O=C(O)CN1C(=S)c2cc(Cc3ccc(C(F)(F)F)cc3)cn2C1=S. The summed E-state index contributed by atoms with van der Waals surface area (Å²) in [4.78, 5) is 12.6. The third kappa shape index (κ3) is 3.42. The number of aromatic nitrogens is 1. The molecule has 4 nitrogen and oxygen atoms in total. The van der Waals surface area contributed by atoms with E-state index in [1.807, 2.05) is 0 Å². The number of carbonyl (C=O) groups is 1. The van der Waals surface area contributed by atoms with E-state index < -0.39 is 17.7 Å². The first-order valence-electron chi connectivity index (χ1n) is 7.12. The van der Waals surface area contributed by atoms with Crippen molar-refractivity contribution in [2.45, 2.75) is 12.6 Å². The highest BCUT2D eigenvalue weighted by Crippen LogP contribution is 2.29. The van der Waals surface area contributed by atoms with Gasteiger partial charge >= 0.3 is 12.1 Å². The number of halogens is 3. The second-order valence-electron chi connectivity index (χ2n) is 5.54. The maximum Gasteiger partial charge on any atom is 0.416 e. The van der Waals surface area contributed by atoms with Crippen LogP contribution in [0.15, 0.2) is 36.5 Å². The zero-order valence-corrected chi connectivity index (χ0v) is 14.2. The lowest BCUT2D eigenvalue weighted by Crippen LogP contribution is -2.35. The number of rotatable bonds is 4. The number of nitrogens with zero attached hydrogens (tertiary/aromatic N) is 2. The van der Waals surface area contributed by atoms with Crippen molar-refractivity contribution in [2.24, 2.45) is 0 Å². The monoisotopic (exact) mass is 384 g/mol. The molecule has 1 N–H and O–H groups in total. The summed E-state index contributed by atoms with van der Waals surface area (Å²) in [6, 6.07) is 6.72. The first-order chi connectivity index (χ1) is 11.7. The van der Waals surface area contributed by atoms with E-state index in [9.17, 15) is 18.0 Å². The van der Waals surface area contributed by atoms with Gasteiger partial charge in [0.05, 0.1) is 11.3 Å². The zero-order chi connectivity index (χ0) is 18.4. The average molecular weight is 384 g/mol. The predicted molar refractivity (Wildman–Crippen MR) is 92.7 cm³/mol. The van der Waals surface area contributed by atoms with Crippen LogP contribution in [0.4, 0.5) is 13.2 Å². The molecule has 1 aliphatic rings. The van der Waals surface area contributed by atoms with Crippen molar-refractivity contribution in [3.05, 3.63) is 58.9 Å². The van der Waals surface area contributed by atoms with E-state index in [4.69, 9.17) is 29.5 Å². The molecule has 2 heterocycles. The largest absolute Gasteiger partial charge is 0.480 e. The fourth-order valence-electron chi connectivity index (χ4n) is 2.61. The molecule has 0 unspecified atom stereocenters. The molecule has 0 radical (unpaired) electrons. The van der Waals surface area contributed by atoms with Gasteiger partial charge in [-0.3, -0.25) is 14.3 Å². The first-order valence-corrected chi connectivity index (χ1v) is 7.94. The Kier molecular flexibility index (Phi) is 4.38. The van der Waals surface area contributed by atoms with Crippen molar-refractivity contribution in [2.75, 3.05) is 6.54 Å². The molecule has 3 rings (SSSR count). The molecular formula is C16H11F3N2O2S2. The van der Waals surface area contributed by atoms with Crippen LogP contribution in [0.3, 0.4) is 0 Å². The fraction of sp³-hybridized carbons (Fsp3) is 0.188. The normalized spacial score (nSPS) is 14.1. The molecule has 0 amide bonds. The summed E-state index contributed by atoms with van der Waals surface area (Å²) in [6.45, 7) is -0.312. The van der Waals surface area contributed by atoms with Gasteiger partial charge in [-0.2, -0.15) is 13.2 Å². The van der Waals surface area contributed by atoms with Crippen LogP contribution in [-0.4, -0.2) is 37.2 Å². The van der Waals surface area contributed by atoms with E-state index in [-0.39, 0.29) is 11.7 Å². The van der Waals surface area contributed by atoms with E-state index in [2.05, 4.69) is 0 Å². The van der Waals surface area contributed by atoms with Gasteiger partial charge in [0.2, 0.25) is 0 Å². The van der Waals surface area contributed by atoms with Crippen LogP contribution in [0, 0.1) is 0 Å². The Hall–Kier alpha value is -2.26. The first kappa shape index (κ1) is 17.6. The molecule has 0 saturated carbocycles. The second kappa shape index (κ2) is 6.23. The number of thiocarbonyl (C=S) groups is 2. The van der Waals surface area contributed by atoms with Crippen molar-refractivity contribution in [3.8, 4) is 0 Å². The number of alkyl halides is 3. The van der Waals surface area contributed by atoms with E-state index in [1.54, 1.807) is 16.8 Å². The third-order valence-electron chi connectivity index (χ3n) is 3.76. The van der Waals surface area contributed by atoms with E-state index in [0.29, 0.717) is 17.1 Å². The van der Waals surface area contributed by atoms with Crippen molar-refractivity contribution < 1.29 is 23.1 Å². The smallest absolute Gasteiger partial charge is 0.416 e. The maximum atomic E-state index is 12.6. The van der Waals surface area contributed by atoms with Crippen LogP contribution in [0.5, 0.6) is 0 Å². The van der Waals surface area contributed by atoms with Crippen LogP contribution >= 0.6 is 24.4 Å². The van der Waals surface area contributed by atoms with Crippen LogP contribution < -0.4 is 0 Å². The Balaban J connectivity index is 1.79. The summed E-state index contributed by atoms with van der Waals surface area (Å²) >= 11 is 10.5. The summed E-state index contributed by atoms with van der Waals surface area (Å²) in [5.41, 5.74) is 1.47. The van der Waals surface area contributed by atoms with Crippen molar-refractivity contribution >= 4 is 40.5 Å². The number of fused-ring (bicyclic) bond motifs is 1. The van der Waals surface area contributed by atoms with Gasteiger partial charge in [-0.25, -0.2) is 0 Å². The van der Waals surface area contributed by atoms with Gasteiger partial charge < -0.3 is 5.11 Å². The van der Waals surface area contributed by atoms with E-state index in [0.717, 1.165) is 23.3 Å². The standard InChI is InChI=1S/C16H11F3N2O2S2/c17-16(18,19)11-3-1-9(2-4-11)5-10-6-12-14(24)21(8-13(22)23)15(25)20(12)7-10/h1-4,6-7H,5,8H2,(H,22,23). The second-order valence-corrected chi connectivity index (χ2v) is 6.29. The Morgan fingerprint density at radius 2 is 1.76 bits per heavy atom. The zero-order valence-electron chi connectivity index (χ0n) is 12.6. The van der Waals surface area contributed by atoms with Gasteiger partial charge in [-0.1, -0.05) is 24.4 Å². The van der Waals surface area contributed by atoms with Gasteiger partial charge in [0.25, 0.3) is 0 Å². The molecule has 1 aromatic heterocycles. The van der Waals surface area contributed by atoms with Gasteiger partial charge in [0, 0.05) is 6.20 Å². The number of aliphatic carboxylic acids is 1. The minimum Gasteiger partial charge on any atom is -0.480 e. The molecule has 25 heavy (non-hydrogen) atoms. The number of carboxylic acid groups (broad SMARTS) is 1. The number of benzene rings is 1. The topological polar surface area (TPSA) is 45.5 Å². The summed E-state index contributed by atoms with van der Waals surface area (Å²) in [5, 5.41) is 9.18. The third-order valence-corrected chi connectivity index (χ3v) is 4.61. The number of hydrogen-bond acceptors (Lipinski definition) is 3. The highest BCUT2D eigenvalue weighted by Gasteiger charge is 2.32. The molecule has 9 heteroatoms. The highest BCUT2D eigenvalue weighted by molar-refractivity contribution is 7.82. The van der Waals surface area contributed by atoms with Crippen molar-refractivity contribution in [1.82, 2.24) is 9.47 Å². The summed E-state index contributed by atoms with van der Waals surface area (Å²) in [7, 11) is 0. The Morgan fingerprint density at radius 1 is 1.12 bits per heavy atom. The Labute approximate surface area is 151 Å². The van der Waals surface area contributed by atoms with Gasteiger partial charge in [0.1, 0.15) is 11.5 Å². The van der Waals surface area contributed by atoms with E-state index in [1.165, 1.54) is 17.0 Å². The summed E-state index contributed by atoms with van der Waals surface area (Å²) in [6.07, 6.45) is -2.21. The van der Waals surface area contributed by atoms with E-state index >= 15 is 0 Å². The maximum absolute atomic E-state index is 12.6. The minimum atomic E-state index is -4.36. The predicted octanol–water partition coefficient (Wildman–Crippen LogP) is 3.31.